The fraction of sp³-hybridized carbons (Fsp3) is 0.462. The van der Waals surface area contributed by atoms with Gasteiger partial charge in [-0.3, -0.25) is 0 Å². The van der Waals surface area contributed by atoms with Crippen molar-refractivity contribution in [1.29, 1.82) is 0 Å². The Hall–Kier alpha value is -1.09. The molecular formula is C13H19NOS. The van der Waals surface area contributed by atoms with Crippen molar-refractivity contribution in [2.45, 2.75) is 39.2 Å². The molecule has 1 atom stereocenters. The summed E-state index contributed by atoms with van der Waals surface area (Å²) in [5.41, 5.74) is 6.76. The van der Waals surface area contributed by atoms with E-state index in [0.29, 0.717) is 4.99 Å². The molecule has 0 saturated carbocycles. The van der Waals surface area contributed by atoms with Gasteiger partial charge in [0.05, 0.1) is 0 Å². The molecule has 2 N–H and O–H groups in total. The van der Waals surface area contributed by atoms with E-state index in [1.54, 1.807) is 0 Å². The second kappa shape index (κ2) is 4.83. The Balaban J connectivity index is 3.01. The molecule has 1 rings (SSSR count). The van der Waals surface area contributed by atoms with Crippen LogP contribution >= 0.6 is 12.2 Å². The maximum atomic E-state index is 5.77. The molecule has 0 aliphatic carbocycles. The van der Waals surface area contributed by atoms with Crippen LogP contribution in [0.5, 0.6) is 5.75 Å². The van der Waals surface area contributed by atoms with Crippen molar-refractivity contribution in [3.8, 4) is 5.75 Å². The Morgan fingerprint density at radius 3 is 2.38 bits per heavy atom. The van der Waals surface area contributed by atoms with E-state index in [1.807, 2.05) is 25.1 Å². The van der Waals surface area contributed by atoms with Crippen LogP contribution < -0.4 is 10.5 Å². The molecule has 0 heterocycles. The summed E-state index contributed by atoms with van der Waals surface area (Å²) in [6.45, 7) is 8.32. The predicted octanol–water partition coefficient (Wildman–Crippen LogP) is 3.04. The molecular weight excluding hydrogens is 218 g/mol. The minimum absolute atomic E-state index is 0.0481. The van der Waals surface area contributed by atoms with Gasteiger partial charge >= 0.3 is 0 Å². The van der Waals surface area contributed by atoms with Gasteiger partial charge < -0.3 is 10.5 Å². The summed E-state index contributed by atoms with van der Waals surface area (Å²) < 4.78 is 5.77. The van der Waals surface area contributed by atoms with E-state index in [-0.39, 0.29) is 11.5 Å². The zero-order valence-electron chi connectivity index (χ0n) is 10.3. The molecule has 1 aromatic rings. The molecule has 0 aliphatic heterocycles. The lowest BCUT2D eigenvalue weighted by Crippen LogP contribution is -2.29. The smallest absolute Gasteiger partial charge is 0.145 e. The fourth-order valence-corrected chi connectivity index (χ4v) is 1.49. The van der Waals surface area contributed by atoms with Crippen LogP contribution in [0.1, 0.15) is 33.3 Å². The molecule has 0 amide bonds. The Morgan fingerprint density at radius 2 is 1.88 bits per heavy atom. The van der Waals surface area contributed by atoms with Gasteiger partial charge in [-0.25, -0.2) is 0 Å². The number of rotatable bonds is 3. The number of para-hydroxylation sites is 1. The molecule has 0 bridgehead atoms. The number of benzene rings is 1. The quantitative estimate of drug-likeness (QED) is 0.821. The van der Waals surface area contributed by atoms with E-state index >= 15 is 0 Å². The first-order chi connectivity index (χ1) is 7.32. The summed E-state index contributed by atoms with van der Waals surface area (Å²) in [7, 11) is 0. The van der Waals surface area contributed by atoms with Crippen molar-refractivity contribution in [2.24, 2.45) is 5.73 Å². The molecule has 1 aromatic carbocycles. The monoisotopic (exact) mass is 237 g/mol. The van der Waals surface area contributed by atoms with Gasteiger partial charge in [-0.1, -0.05) is 51.2 Å². The van der Waals surface area contributed by atoms with Gasteiger partial charge in [0.15, 0.2) is 0 Å². The first-order valence-corrected chi connectivity index (χ1v) is 5.78. The Kier molecular flexibility index (Phi) is 3.92. The van der Waals surface area contributed by atoms with Crippen molar-refractivity contribution in [3.05, 3.63) is 29.8 Å². The van der Waals surface area contributed by atoms with Crippen molar-refractivity contribution < 1.29 is 4.74 Å². The molecule has 2 nitrogen and oxygen atoms in total. The molecule has 0 fully saturated rings. The highest BCUT2D eigenvalue weighted by Gasteiger charge is 2.19. The first-order valence-electron chi connectivity index (χ1n) is 5.38. The maximum absolute atomic E-state index is 5.77. The zero-order valence-corrected chi connectivity index (χ0v) is 11.1. The van der Waals surface area contributed by atoms with E-state index in [1.165, 1.54) is 0 Å². The predicted molar refractivity (Wildman–Crippen MR) is 72.0 cm³/mol. The molecule has 3 heteroatoms. The summed E-state index contributed by atoms with van der Waals surface area (Å²) in [4.78, 5) is 0.378. The summed E-state index contributed by atoms with van der Waals surface area (Å²) in [6.07, 6.45) is -0.238. The SMILES string of the molecule is CC(Oc1ccccc1C(C)(C)C)C(N)=S. The number of thiocarbonyl (C=S) groups is 1. The lowest BCUT2D eigenvalue weighted by Gasteiger charge is -2.24. The van der Waals surface area contributed by atoms with Crippen LogP contribution in [0.25, 0.3) is 0 Å². The molecule has 1 unspecified atom stereocenters. The molecule has 88 valence electrons. The number of ether oxygens (including phenoxy) is 1. The van der Waals surface area contributed by atoms with E-state index in [2.05, 4.69) is 26.8 Å². The lowest BCUT2D eigenvalue weighted by molar-refractivity contribution is 0.281. The minimum Gasteiger partial charge on any atom is -0.483 e. The zero-order chi connectivity index (χ0) is 12.3. The normalized spacial score (nSPS) is 13.2. The molecule has 16 heavy (non-hydrogen) atoms. The second-order valence-corrected chi connectivity index (χ2v) is 5.38. The van der Waals surface area contributed by atoms with Crippen LogP contribution in [0.15, 0.2) is 24.3 Å². The largest absolute Gasteiger partial charge is 0.483 e. The highest BCUT2D eigenvalue weighted by atomic mass is 32.1. The van der Waals surface area contributed by atoms with Crippen LogP contribution in [-0.2, 0) is 5.41 Å². The van der Waals surface area contributed by atoms with Crippen LogP contribution in [-0.4, -0.2) is 11.1 Å². The molecule has 0 saturated heterocycles. The van der Waals surface area contributed by atoms with Crippen molar-refractivity contribution >= 4 is 17.2 Å². The van der Waals surface area contributed by atoms with E-state index in [0.717, 1.165) is 11.3 Å². The van der Waals surface area contributed by atoms with Gasteiger partial charge in [0.25, 0.3) is 0 Å². The standard InChI is InChI=1S/C13H19NOS/c1-9(12(14)16)15-11-8-6-5-7-10(11)13(2,3)4/h5-9H,1-4H3,(H2,14,16). The van der Waals surface area contributed by atoms with Gasteiger partial charge in [-0.2, -0.15) is 0 Å². The topological polar surface area (TPSA) is 35.2 Å². The molecule has 0 radical (unpaired) electrons. The second-order valence-electron chi connectivity index (χ2n) is 4.91. The van der Waals surface area contributed by atoms with Gasteiger partial charge in [0, 0.05) is 0 Å². The van der Waals surface area contributed by atoms with Crippen molar-refractivity contribution in [3.63, 3.8) is 0 Å². The number of hydrogen-bond acceptors (Lipinski definition) is 2. The summed E-state index contributed by atoms with van der Waals surface area (Å²) in [5, 5.41) is 0. The fourth-order valence-electron chi connectivity index (χ4n) is 1.44. The summed E-state index contributed by atoms with van der Waals surface area (Å²) >= 11 is 4.91. The van der Waals surface area contributed by atoms with Crippen molar-refractivity contribution in [2.75, 3.05) is 0 Å². The molecule has 0 aliphatic rings. The highest BCUT2D eigenvalue weighted by molar-refractivity contribution is 7.80. The number of nitrogens with two attached hydrogens (primary N) is 1. The third-order valence-electron chi connectivity index (χ3n) is 2.40. The van der Waals surface area contributed by atoms with Crippen LogP contribution in [0.4, 0.5) is 0 Å². The lowest BCUT2D eigenvalue weighted by atomic mass is 9.86. The summed E-state index contributed by atoms with van der Waals surface area (Å²) in [5.74, 6) is 0.857. The van der Waals surface area contributed by atoms with E-state index < -0.39 is 0 Å². The molecule has 0 aromatic heterocycles. The van der Waals surface area contributed by atoms with Crippen LogP contribution in [0, 0.1) is 0 Å². The maximum Gasteiger partial charge on any atom is 0.145 e. The first kappa shape index (κ1) is 13.0. The van der Waals surface area contributed by atoms with E-state index in [9.17, 15) is 0 Å². The van der Waals surface area contributed by atoms with Gasteiger partial charge in [0.1, 0.15) is 16.8 Å². The van der Waals surface area contributed by atoms with Crippen LogP contribution in [0.3, 0.4) is 0 Å². The van der Waals surface area contributed by atoms with Crippen molar-refractivity contribution in [1.82, 2.24) is 0 Å². The minimum atomic E-state index is -0.238. The highest BCUT2D eigenvalue weighted by Crippen LogP contribution is 2.31. The summed E-state index contributed by atoms with van der Waals surface area (Å²) in [6, 6.07) is 7.99. The average Bonchev–Trinajstić information content (AvgIpc) is 2.16. The third kappa shape index (κ3) is 3.20. The Bertz CT molecular complexity index is 382. The number of hydrogen-bond donors (Lipinski definition) is 1. The molecule has 0 spiro atoms. The Morgan fingerprint density at radius 1 is 1.31 bits per heavy atom. The van der Waals surface area contributed by atoms with Crippen LogP contribution in [0.2, 0.25) is 0 Å². The van der Waals surface area contributed by atoms with Gasteiger partial charge in [0.2, 0.25) is 0 Å². The Labute approximate surface area is 103 Å². The average molecular weight is 237 g/mol. The van der Waals surface area contributed by atoms with E-state index in [4.69, 9.17) is 22.7 Å². The van der Waals surface area contributed by atoms with Gasteiger partial charge in [-0.15, -0.1) is 0 Å². The van der Waals surface area contributed by atoms with Gasteiger partial charge in [-0.05, 0) is 24.0 Å². The third-order valence-corrected chi connectivity index (χ3v) is 2.73.